The number of carbonyl (C=O) groups excluding carboxylic acids is 3. The number of benzene rings is 1. The molecule has 8 nitrogen and oxygen atoms in total. The fourth-order valence-corrected chi connectivity index (χ4v) is 2.88. The molecule has 1 aromatic carbocycles. The number of hydrogen-bond acceptors (Lipinski definition) is 5. The maximum Gasteiger partial charge on any atom is 0.251 e. The van der Waals surface area contributed by atoms with Crippen molar-refractivity contribution < 1.29 is 19.5 Å². The molecule has 0 saturated heterocycles. The Balaban J connectivity index is 2.99. The lowest BCUT2D eigenvalue weighted by Crippen LogP contribution is -2.56. The van der Waals surface area contributed by atoms with Gasteiger partial charge in [-0.15, -0.1) is 0 Å². The molecule has 0 aliphatic rings. The molecule has 8 heteroatoms. The van der Waals surface area contributed by atoms with Gasteiger partial charge in [-0.2, -0.15) is 0 Å². The molecule has 4 atom stereocenters. The minimum absolute atomic E-state index is 0.264. The molecule has 3 amide bonds. The highest BCUT2D eigenvalue weighted by Gasteiger charge is 2.32. The van der Waals surface area contributed by atoms with Crippen LogP contribution in [0.25, 0.3) is 0 Å². The second-order valence-corrected chi connectivity index (χ2v) is 7.71. The van der Waals surface area contributed by atoms with Gasteiger partial charge in [-0.05, 0) is 17.9 Å². The van der Waals surface area contributed by atoms with Crippen molar-refractivity contribution in [3.63, 3.8) is 0 Å². The van der Waals surface area contributed by atoms with Crippen LogP contribution >= 0.6 is 0 Å². The van der Waals surface area contributed by atoms with Crippen LogP contribution in [0.2, 0.25) is 0 Å². The third-order valence-corrected chi connectivity index (χ3v) is 4.65. The Morgan fingerprint density at radius 3 is 2.14 bits per heavy atom. The quantitative estimate of drug-likeness (QED) is 0.452. The number of carbonyl (C=O) groups is 3. The van der Waals surface area contributed by atoms with E-state index in [0.717, 1.165) is 6.42 Å². The molecule has 0 aliphatic carbocycles. The number of nitrogens with zero attached hydrogens (tertiary/aromatic N) is 1. The Morgan fingerprint density at radius 2 is 1.66 bits per heavy atom. The van der Waals surface area contributed by atoms with Crippen LogP contribution in [-0.4, -0.2) is 60.0 Å². The van der Waals surface area contributed by atoms with Gasteiger partial charge in [-0.1, -0.05) is 57.5 Å². The molecule has 0 fully saturated rings. The molecule has 0 heterocycles. The van der Waals surface area contributed by atoms with Crippen LogP contribution < -0.4 is 16.4 Å². The number of rotatable bonds is 10. The van der Waals surface area contributed by atoms with E-state index in [-0.39, 0.29) is 11.8 Å². The van der Waals surface area contributed by atoms with Crippen LogP contribution in [0, 0.1) is 5.92 Å². The van der Waals surface area contributed by atoms with E-state index in [1.807, 2.05) is 13.0 Å². The summed E-state index contributed by atoms with van der Waals surface area (Å²) in [6, 6.07) is 6.38. The van der Waals surface area contributed by atoms with Gasteiger partial charge in [0.25, 0.3) is 5.91 Å². The summed E-state index contributed by atoms with van der Waals surface area (Å²) in [4.78, 5) is 39.3. The summed E-state index contributed by atoms with van der Waals surface area (Å²) in [5, 5.41) is 15.4. The summed E-state index contributed by atoms with van der Waals surface area (Å²) in [5.74, 6) is -1.76. The number of nitrogens with two attached hydrogens (primary N) is 1. The molecule has 0 aliphatic heterocycles. The Bertz CT molecular complexity index is 679. The van der Waals surface area contributed by atoms with Gasteiger partial charge in [0, 0.05) is 20.1 Å². The summed E-state index contributed by atoms with van der Waals surface area (Å²) >= 11 is 0. The van der Waals surface area contributed by atoms with Gasteiger partial charge in [0.2, 0.25) is 11.8 Å². The van der Waals surface area contributed by atoms with Crippen molar-refractivity contribution in [3.8, 4) is 0 Å². The first-order valence-electron chi connectivity index (χ1n) is 9.90. The van der Waals surface area contributed by atoms with Crippen molar-refractivity contribution in [2.75, 3.05) is 14.1 Å². The molecule has 0 bridgehead atoms. The van der Waals surface area contributed by atoms with Crippen molar-refractivity contribution >= 4 is 17.7 Å². The number of aliphatic hydroxyl groups excluding tert-OH is 1. The van der Waals surface area contributed by atoms with E-state index in [1.165, 1.54) is 4.90 Å². The maximum atomic E-state index is 12.9. The average Bonchev–Trinajstić information content (AvgIpc) is 2.69. The Kier molecular flexibility index (Phi) is 9.77. The number of likely N-dealkylation sites (N-methyl/N-ethyl adjacent to an activating group) is 1. The molecule has 29 heavy (non-hydrogen) atoms. The van der Waals surface area contributed by atoms with E-state index in [0.29, 0.717) is 12.0 Å². The second-order valence-electron chi connectivity index (χ2n) is 7.71. The molecule has 0 saturated carbocycles. The van der Waals surface area contributed by atoms with Crippen molar-refractivity contribution in [1.29, 1.82) is 0 Å². The van der Waals surface area contributed by atoms with Gasteiger partial charge in [0.05, 0.1) is 0 Å². The molecule has 0 spiro atoms. The first kappa shape index (κ1) is 24.6. The van der Waals surface area contributed by atoms with Crippen molar-refractivity contribution in [3.05, 3.63) is 35.9 Å². The smallest absolute Gasteiger partial charge is 0.251 e. The van der Waals surface area contributed by atoms with E-state index in [1.54, 1.807) is 52.2 Å². The zero-order valence-corrected chi connectivity index (χ0v) is 17.9. The van der Waals surface area contributed by atoms with Crippen LogP contribution in [0.4, 0.5) is 0 Å². The molecule has 5 N–H and O–H groups in total. The van der Waals surface area contributed by atoms with Crippen LogP contribution in [0.15, 0.2) is 30.3 Å². The van der Waals surface area contributed by atoms with Crippen LogP contribution in [-0.2, 0) is 14.4 Å². The van der Waals surface area contributed by atoms with E-state index in [2.05, 4.69) is 10.6 Å². The first-order valence-corrected chi connectivity index (χ1v) is 9.90. The summed E-state index contributed by atoms with van der Waals surface area (Å²) in [5.41, 5.74) is 6.46. The molecule has 3 unspecified atom stereocenters. The van der Waals surface area contributed by atoms with Gasteiger partial charge < -0.3 is 26.4 Å². The number of nitrogens with one attached hydrogen (secondary N) is 2. The van der Waals surface area contributed by atoms with Crippen LogP contribution in [0.3, 0.4) is 0 Å². The summed E-state index contributed by atoms with van der Waals surface area (Å²) in [6.45, 7) is 5.45. The Hall–Kier alpha value is -2.45. The number of aliphatic hydroxyl groups is 1. The minimum Gasteiger partial charge on any atom is -0.382 e. The largest absolute Gasteiger partial charge is 0.382 e. The lowest BCUT2D eigenvalue weighted by atomic mass is 9.99. The monoisotopic (exact) mass is 406 g/mol. The normalized spacial score (nSPS) is 15.2. The Labute approximate surface area is 172 Å². The first-order chi connectivity index (χ1) is 13.6. The topological polar surface area (TPSA) is 125 Å². The average molecular weight is 407 g/mol. The van der Waals surface area contributed by atoms with E-state index < -0.39 is 36.0 Å². The summed E-state index contributed by atoms with van der Waals surface area (Å²) in [7, 11) is 3.22. The molecular formula is C21H34N4O4. The highest BCUT2D eigenvalue weighted by Crippen LogP contribution is 2.16. The number of amides is 3. The highest BCUT2D eigenvalue weighted by atomic mass is 16.3. The van der Waals surface area contributed by atoms with Crippen LogP contribution in [0.1, 0.15) is 45.2 Å². The van der Waals surface area contributed by atoms with Gasteiger partial charge in [0.15, 0.2) is 0 Å². The molecule has 0 aromatic heterocycles. The van der Waals surface area contributed by atoms with Gasteiger partial charge >= 0.3 is 0 Å². The predicted octanol–water partition coefficient (Wildman–Crippen LogP) is 0.561. The SMILES string of the molecule is CCC[C@H](N)C(O)C(=O)NC(C(=O)NC(C(=O)N(C)C)c1ccccc1)C(C)C. The second kappa shape index (κ2) is 11.5. The fourth-order valence-electron chi connectivity index (χ4n) is 2.88. The van der Waals surface area contributed by atoms with E-state index >= 15 is 0 Å². The molecule has 1 rings (SSSR count). The zero-order valence-electron chi connectivity index (χ0n) is 17.9. The van der Waals surface area contributed by atoms with Crippen LogP contribution in [0.5, 0.6) is 0 Å². The van der Waals surface area contributed by atoms with E-state index in [4.69, 9.17) is 5.73 Å². The van der Waals surface area contributed by atoms with Crippen molar-refractivity contribution in [2.45, 2.75) is 57.8 Å². The van der Waals surface area contributed by atoms with Crippen molar-refractivity contribution in [1.82, 2.24) is 15.5 Å². The third-order valence-electron chi connectivity index (χ3n) is 4.65. The predicted molar refractivity (Wildman–Crippen MR) is 112 cm³/mol. The maximum absolute atomic E-state index is 12.9. The van der Waals surface area contributed by atoms with Crippen molar-refractivity contribution in [2.24, 2.45) is 11.7 Å². The van der Waals surface area contributed by atoms with Gasteiger partial charge in [-0.25, -0.2) is 0 Å². The molecule has 162 valence electrons. The van der Waals surface area contributed by atoms with E-state index in [9.17, 15) is 19.5 Å². The lowest BCUT2D eigenvalue weighted by molar-refractivity contribution is -0.138. The minimum atomic E-state index is -1.41. The highest BCUT2D eigenvalue weighted by molar-refractivity contribution is 5.93. The van der Waals surface area contributed by atoms with Gasteiger partial charge in [0.1, 0.15) is 18.2 Å². The van der Waals surface area contributed by atoms with Gasteiger partial charge in [-0.3, -0.25) is 14.4 Å². The Morgan fingerprint density at radius 1 is 1.07 bits per heavy atom. The zero-order chi connectivity index (χ0) is 22.1. The summed E-state index contributed by atoms with van der Waals surface area (Å²) in [6.07, 6.45) is -0.191. The number of hydrogen-bond donors (Lipinski definition) is 4. The third kappa shape index (κ3) is 7.14. The fraction of sp³-hybridized carbons (Fsp3) is 0.571. The summed E-state index contributed by atoms with van der Waals surface area (Å²) < 4.78 is 0. The molecular weight excluding hydrogens is 372 g/mol. The molecule has 1 aromatic rings. The molecule has 0 radical (unpaired) electrons. The lowest BCUT2D eigenvalue weighted by Gasteiger charge is -2.28. The standard InChI is InChI=1S/C21H34N4O4/c1-6-10-15(22)18(26)20(28)23-16(13(2)3)19(27)24-17(21(29)25(4)5)14-11-8-7-9-12-14/h7-9,11-13,15-18,26H,6,10,22H2,1-5H3,(H,23,28)(H,24,27)/t15-,16?,17?,18?/m0/s1.